The highest BCUT2D eigenvalue weighted by molar-refractivity contribution is 7.93. The fraction of sp³-hybridized carbons (Fsp3) is 0.353. The lowest BCUT2D eigenvalue weighted by molar-refractivity contribution is -0.154. The topological polar surface area (TPSA) is 124 Å². The molecule has 0 radical (unpaired) electrons. The van der Waals surface area contributed by atoms with Gasteiger partial charge in [-0.05, 0) is 31.0 Å². The van der Waals surface area contributed by atoms with Crippen LogP contribution >= 0.6 is 22.9 Å². The largest absolute Gasteiger partial charge is 0.452 e. The fourth-order valence-electron chi connectivity index (χ4n) is 2.57. The molecule has 0 saturated heterocycles. The van der Waals surface area contributed by atoms with Crippen LogP contribution in [0, 0.1) is 0 Å². The van der Waals surface area contributed by atoms with Crippen LogP contribution in [0.25, 0.3) is 0 Å². The molecule has 2 aromatic rings. The van der Waals surface area contributed by atoms with Crippen molar-refractivity contribution in [3.63, 3.8) is 0 Å². The van der Waals surface area contributed by atoms with E-state index in [1.807, 2.05) is 0 Å². The number of sulfonamides is 1. The number of nitrogens with one attached hydrogen (secondary N) is 1. The molecule has 3 N–H and O–H groups in total. The molecule has 152 valence electrons. The minimum atomic E-state index is -3.97. The number of hydrogen-bond acceptors (Lipinski definition) is 8. The van der Waals surface area contributed by atoms with Gasteiger partial charge in [0.2, 0.25) is 15.2 Å². The summed E-state index contributed by atoms with van der Waals surface area (Å²) in [6, 6.07) is 4.92. The van der Waals surface area contributed by atoms with Gasteiger partial charge in [-0.2, -0.15) is 0 Å². The van der Waals surface area contributed by atoms with Gasteiger partial charge in [0.1, 0.15) is 5.25 Å². The van der Waals surface area contributed by atoms with Crippen LogP contribution < -0.4 is 10.5 Å². The highest BCUT2D eigenvalue weighted by atomic mass is 35.5. The van der Waals surface area contributed by atoms with E-state index in [9.17, 15) is 13.2 Å². The van der Waals surface area contributed by atoms with Crippen molar-refractivity contribution in [3.05, 3.63) is 52.0 Å². The number of rotatable bonds is 8. The number of hydrogen-bond donors (Lipinski definition) is 2. The van der Waals surface area contributed by atoms with Crippen LogP contribution in [0.1, 0.15) is 42.2 Å². The smallest absolute Gasteiger partial charge is 0.303 e. The summed E-state index contributed by atoms with van der Waals surface area (Å²) in [5, 5.41) is 7.44. The molecule has 1 aromatic carbocycles. The number of halogens is 1. The molecule has 11 heteroatoms. The molecule has 0 aliphatic rings. The van der Waals surface area contributed by atoms with E-state index in [0.717, 1.165) is 11.3 Å². The summed E-state index contributed by atoms with van der Waals surface area (Å²) < 4.78 is 33.5. The Morgan fingerprint density at radius 2 is 2.14 bits per heavy atom. The number of ether oxygens (including phenoxy) is 1. The molecule has 1 aromatic heterocycles. The summed E-state index contributed by atoms with van der Waals surface area (Å²) in [7, 11) is -3.97. The molecule has 1 unspecified atom stereocenters. The normalized spacial score (nSPS) is 13.0. The van der Waals surface area contributed by atoms with Crippen molar-refractivity contribution in [2.75, 3.05) is 4.72 Å². The second-order valence-corrected chi connectivity index (χ2v) is 9.52. The summed E-state index contributed by atoms with van der Waals surface area (Å²) in [6.07, 6.45) is 1.29. The van der Waals surface area contributed by atoms with Gasteiger partial charge in [0.25, 0.3) is 0 Å². The number of esters is 1. The Hall–Kier alpha value is -2.01. The van der Waals surface area contributed by atoms with Crippen LogP contribution in [0.4, 0.5) is 5.13 Å². The van der Waals surface area contributed by atoms with Crippen LogP contribution in [0.3, 0.4) is 0 Å². The standard InChI is InChI=1S/C17H21ClN4O4S2/c1-5-14(11-7-6-8-13(18)12(11)9-19)28(24,25)22-16-21-20-15(27-16)17(3,4)26-10(2)23/h5-8,14H,1,9,19H2,2-4H3,(H,21,22). The van der Waals surface area contributed by atoms with Gasteiger partial charge in [-0.15, -0.1) is 16.8 Å². The van der Waals surface area contributed by atoms with Gasteiger partial charge in [-0.3, -0.25) is 9.52 Å². The molecule has 1 heterocycles. The van der Waals surface area contributed by atoms with Crippen LogP contribution in [0.2, 0.25) is 5.02 Å². The quantitative estimate of drug-likeness (QED) is 0.473. The van der Waals surface area contributed by atoms with Crippen LogP contribution in [0.15, 0.2) is 30.9 Å². The Labute approximate surface area is 172 Å². The lowest BCUT2D eigenvalue weighted by atomic mass is 10.0. The van der Waals surface area contributed by atoms with Gasteiger partial charge < -0.3 is 10.5 Å². The number of nitrogens with two attached hydrogens (primary N) is 1. The lowest BCUT2D eigenvalue weighted by Gasteiger charge is -2.20. The number of nitrogens with zero attached hydrogens (tertiary/aromatic N) is 2. The van der Waals surface area contributed by atoms with Gasteiger partial charge in [0, 0.05) is 18.5 Å². The summed E-state index contributed by atoms with van der Waals surface area (Å²) in [5.41, 5.74) is 5.65. The van der Waals surface area contributed by atoms with Crippen molar-refractivity contribution in [3.8, 4) is 0 Å². The Balaban J connectivity index is 2.34. The SMILES string of the molecule is C=CC(c1cccc(Cl)c1CN)S(=O)(=O)Nc1nnc(C(C)(C)OC(C)=O)s1. The van der Waals surface area contributed by atoms with E-state index in [1.165, 1.54) is 13.0 Å². The van der Waals surface area contributed by atoms with E-state index in [4.69, 9.17) is 22.1 Å². The molecule has 2 rings (SSSR count). The molecular weight excluding hydrogens is 424 g/mol. The van der Waals surface area contributed by atoms with Crippen LogP contribution in [0.5, 0.6) is 0 Å². The van der Waals surface area contributed by atoms with Gasteiger partial charge in [-0.1, -0.05) is 41.1 Å². The first-order valence-electron chi connectivity index (χ1n) is 8.17. The average Bonchev–Trinajstić information content (AvgIpc) is 3.03. The number of anilines is 1. The van der Waals surface area contributed by atoms with Gasteiger partial charge in [0.05, 0.1) is 0 Å². The molecule has 1 atom stereocenters. The maximum atomic E-state index is 12.9. The Morgan fingerprint density at radius 3 is 2.71 bits per heavy atom. The second kappa shape index (κ2) is 8.56. The highest BCUT2D eigenvalue weighted by Crippen LogP contribution is 2.34. The number of carbonyl (C=O) groups is 1. The number of aromatic nitrogens is 2. The zero-order chi connectivity index (χ0) is 21.1. The number of carbonyl (C=O) groups excluding carboxylic acids is 1. The van der Waals surface area contributed by atoms with E-state index in [-0.39, 0.29) is 11.7 Å². The number of benzene rings is 1. The van der Waals surface area contributed by atoms with E-state index < -0.39 is 26.8 Å². The van der Waals surface area contributed by atoms with Gasteiger partial charge >= 0.3 is 5.97 Å². The van der Waals surface area contributed by atoms with E-state index in [0.29, 0.717) is 21.2 Å². The van der Waals surface area contributed by atoms with Gasteiger partial charge in [-0.25, -0.2) is 8.42 Å². The zero-order valence-electron chi connectivity index (χ0n) is 15.6. The molecule has 0 amide bonds. The second-order valence-electron chi connectivity index (χ2n) is 6.33. The Morgan fingerprint density at radius 1 is 1.46 bits per heavy atom. The van der Waals surface area contributed by atoms with E-state index in [1.54, 1.807) is 32.0 Å². The van der Waals surface area contributed by atoms with Crippen molar-refractivity contribution >= 4 is 44.1 Å². The van der Waals surface area contributed by atoms with Crippen molar-refractivity contribution < 1.29 is 17.9 Å². The first kappa shape index (κ1) is 22.3. The van der Waals surface area contributed by atoms with Crippen LogP contribution in [-0.4, -0.2) is 24.6 Å². The first-order chi connectivity index (χ1) is 13.0. The predicted octanol–water partition coefficient (Wildman–Crippen LogP) is 3.12. The maximum absolute atomic E-state index is 12.9. The Kier molecular flexibility index (Phi) is 6.81. The molecular formula is C17H21ClN4O4S2. The average molecular weight is 445 g/mol. The third-order valence-electron chi connectivity index (χ3n) is 3.78. The highest BCUT2D eigenvalue weighted by Gasteiger charge is 2.31. The van der Waals surface area contributed by atoms with Crippen molar-refractivity contribution in [2.24, 2.45) is 5.73 Å². The van der Waals surface area contributed by atoms with Crippen molar-refractivity contribution in [2.45, 2.75) is 38.2 Å². The zero-order valence-corrected chi connectivity index (χ0v) is 18.0. The third kappa shape index (κ3) is 4.88. The maximum Gasteiger partial charge on any atom is 0.303 e. The van der Waals surface area contributed by atoms with Gasteiger partial charge in [0.15, 0.2) is 10.6 Å². The van der Waals surface area contributed by atoms with Crippen molar-refractivity contribution in [1.82, 2.24) is 10.2 Å². The summed E-state index contributed by atoms with van der Waals surface area (Å²) >= 11 is 7.11. The molecule has 0 saturated carbocycles. The third-order valence-corrected chi connectivity index (χ3v) is 7.00. The van der Waals surface area contributed by atoms with E-state index >= 15 is 0 Å². The van der Waals surface area contributed by atoms with Crippen molar-refractivity contribution in [1.29, 1.82) is 0 Å². The molecule has 28 heavy (non-hydrogen) atoms. The van der Waals surface area contributed by atoms with E-state index in [2.05, 4.69) is 21.5 Å². The molecule has 0 spiro atoms. The fourth-order valence-corrected chi connectivity index (χ4v) is 5.20. The lowest BCUT2D eigenvalue weighted by Crippen LogP contribution is -2.24. The molecule has 0 bridgehead atoms. The Bertz CT molecular complexity index is 989. The van der Waals surface area contributed by atoms with Crippen LogP contribution in [-0.2, 0) is 31.7 Å². The molecule has 0 aliphatic carbocycles. The monoisotopic (exact) mass is 444 g/mol. The summed E-state index contributed by atoms with van der Waals surface area (Å²) in [4.78, 5) is 11.2. The minimum absolute atomic E-state index is 0.0402. The summed E-state index contributed by atoms with van der Waals surface area (Å²) in [6.45, 7) is 8.27. The first-order valence-corrected chi connectivity index (χ1v) is 10.9. The minimum Gasteiger partial charge on any atom is -0.452 e. The summed E-state index contributed by atoms with van der Waals surface area (Å²) in [5.74, 6) is -0.482. The predicted molar refractivity (Wildman–Crippen MR) is 110 cm³/mol. The molecule has 8 nitrogen and oxygen atoms in total. The molecule has 0 fully saturated rings. The molecule has 0 aliphatic heterocycles.